The largest absolute Gasteiger partial charge is 0.354 e. The molecule has 11 heteroatoms. The number of aromatic amines is 1. The van der Waals surface area contributed by atoms with E-state index in [0.29, 0.717) is 52.8 Å². The second kappa shape index (κ2) is 9.37. The lowest BCUT2D eigenvalue weighted by atomic mass is 9.72. The van der Waals surface area contributed by atoms with Crippen LogP contribution in [0.3, 0.4) is 0 Å². The third-order valence-corrected chi connectivity index (χ3v) is 10.1. The highest BCUT2D eigenvalue weighted by atomic mass is 35.5. The standard InChI is InChI=1S/C32H34ClFN8O/c1-5-23(43)41-13-32(14-41)15-42(16-32)30-20-10-21(33)25(24-17(2)6-9-22-26(24)28(38-37-22)18-7-8-18)27(34)29(20)35-31(36-30)40-11-19(12-40)39(3)4/h5-6,9-10,18-19H,1,7-8,11-16H2,2-4H3,(H,37,38). The van der Waals surface area contributed by atoms with Gasteiger partial charge in [0.15, 0.2) is 5.82 Å². The Bertz CT molecular complexity index is 1830. The molecule has 1 spiro atoms. The van der Waals surface area contributed by atoms with E-state index < -0.39 is 5.82 Å². The summed E-state index contributed by atoms with van der Waals surface area (Å²) in [7, 11) is 4.13. The number of nitrogens with zero attached hydrogens (tertiary/aromatic N) is 7. The van der Waals surface area contributed by atoms with Gasteiger partial charge in [-0.05, 0) is 57.6 Å². The summed E-state index contributed by atoms with van der Waals surface area (Å²) in [5.74, 6) is 1.16. The minimum absolute atomic E-state index is 0.0262. The Hall–Kier alpha value is -3.76. The van der Waals surface area contributed by atoms with Gasteiger partial charge in [0.2, 0.25) is 11.9 Å². The minimum Gasteiger partial charge on any atom is -0.354 e. The van der Waals surface area contributed by atoms with Crippen LogP contribution in [-0.2, 0) is 4.79 Å². The number of H-pyrrole nitrogens is 1. The summed E-state index contributed by atoms with van der Waals surface area (Å²) in [6, 6.07) is 6.19. The van der Waals surface area contributed by atoms with Crippen LogP contribution >= 0.6 is 11.6 Å². The summed E-state index contributed by atoms with van der Waals surface area (Å²) in [6.07, 6.45) is 3.56. The monoisotopic (exact) mass is 600 g/mol. The smallest absolute Gasteiger partial charge is 0.245 e. The van der Waals surface area contributed by atoms with Gasteiger partial charge in [-0.3, -0.25) is 9.89 Å². The van der Waals surface area contributed by atoms with E-state index in [1.54, 1.807) is 0 Å². The lowest BCUT2D eigenvalue weighted by Crippen LogP contribution is -2.73. The Morgan fingerprint density at radius 3 is 2.56 bits per heavy atom. The third kappa shape index (κ3) is 4.06. The Labute approximate surface area is 254 Å². The molecule has 4 fully saturated rings. The number of hydrogen-bond acceptors (Lipinski definition) is 7. The van der Waals surface area contributed by atoms with Gasteiger partial charge < -0.3 is 19.6 Å². The molecule has 9 nitrogen and oxygen atoms in total. The highest BCUT2D eigenvalue weighted by Gasteiger charge is 2.53. The molecule has 0 unspecified atom stereocenters. The topological polar surface area (TPSA) is 84.5 Å². The predicted octanol–water partition coefficient (Wildman–Crippen LogP) is 4.74. The highest BCUT2D eigenvalue weighted by Crippen LogP contribution is 2.49. The molecule has 222 valence electrons. The summed E-state index contributed by atoms with van der Waals surface area (Å²) < 4.78 is 17.0. The van der Waals surface area contributed by atoms with Crippen molar-refractivity contribution in [3.8, 4) is 11.1 Å². The molecular weight excluding hydrogens is 567 g/mol. The van der Waals surface area contributed by atoms with Gasteiger partial charge in [-0.1, -0.05) is 24.2 Å². The Kier molecular flexibility index (Phi) is 5.85. The van der Waals surface area contributed by atoms with Crippen molar-refractivity contribution in [1.29, 1.82) is 0 Å². The summed E-state index contributed by atoms with van der Waals surface area (Å²) >= 11 is 7.01. The van der Waals surface area contributed by atoms with Gasteiger partial charge in [-0.15, -0.1) is 0 Å². The van der Waals surface area contributed by atoms with E-state index >= 15 is 4.39 Å². The van der Waals surface area contributed by atoms with Crippen molar-refractivity contribution in [1.82, 2.24) is 30.0 Å². The van der Waals surface area contributed by atoms with E-state index in [2.05, 4.69) is 45.6 Å². The molecule has 2 aromatic carbocycles. The lowest BCUT2D eigenvalue weighted by Gasteiger charge is -2.60. The maximum atomic E-state index is 17.0. The van der Waals surface area contributed by atoms with Crippen molar-refractivity contribution < 1.29 is 9.18 Å². The number of benzene rings is 2. The number of aromatic nitrogens is 4. The van der Waals surface area contributed by atoms with Crippen molar-refractivity contribution in [2.24, 2.45) is 5.41 Å². The van der Waals surface area contributed by atoms with E-state index in [-0.39, 0.29) is 16.8 Å². The van der Waals surface area contributed by atoms with E-state index in [9.17, 15) is 4.79 Å². The molecule has 5 heterocycles. The summed E-state index contributed by atoms with van der Waals surface area (Å²) in [6.45, 7) is 10.0. The molecule has 1 aliphatic carbocycles. The average molecular weight is 601 g/mol. The number of carbonyl (C=O) groups excluding carboxylic acids is 1. The lowest BCUT2D eigenvalue weighted by molar-refractivity contribution is -0.139. The van der Waals surface area contributed by atoms with Gasteiger partial charge in [0, 0.05) is 84.2 Å². The van der Waals surface area contributed by atoms with Crippen molar-refractivity contribution in [3.63, 3.8) is 0 Å². The van der Waals surface area contributed by atoms with Crippen LogP contribution in [0.2, 0.25) is 5.02 Å². The summed E-state index contributed by atoms with van der Waals surface area (Å²) in [5.41, 5.74) is 4.25. The van der Waals surface area contributed by atoms with E-state index in [1.807, 2.05) is 30.0 Å². The number of hydrogen-bond donors (Lipinski definition) is 1. The van der Waals surface area contributed by atoms with Crippen LogP contribution in [0.1, 0.15) is 30.0 Å². The van der Waals surface area contributed by atoms with Gasteiger partial charge in [0.05, 0.1) is 10.5 Å². The van der Waals surface area contributed by atoms with Gasteiger partial charge in [0.25, 0.3) is 0 Å². The molecule has 4 aromatic rings. The molecule has 8 rings (SSSR count). The average Bonchev–Trinajstić information content (AvgIpc) is 3.66. The summed E-state index contributed by atoms with van der Waals surface area (Å²) in [5, 5.41) is 9.66. The number of rotatable bonds is 6. The molecule has 3 aliphatic heterocycles. The first-order chi connectivity index (χ1) is 20.7. The molecule has 1 amide bonds. The van der Waals surface area contributed by atoms with Crippen molar-refractivity contribution in [3.05, 3.63) is 53.0 Å². The van der Waals surface area contributed by atoms with E-state index in [4.69, 9.17) is 21.6 Å². The van der Waals surface area contributed by atoms with Gasteiger partial charge in [-0.25, -0.2) is 9.37 Å². The number of amides is 1. The van der Waals surface area contributed by atoms with Crippen LogP contribution in [0.15, 0.2) is 30.9 Å². The zero-order chi connectivity index (χ0) is 29.8. The number of aryl methyl sites for hydroxylation is 1. The van der Waals surface area contributed by atoms with Crippen LogP contribution < -0.4 is 9.80 Å². The zero-order valence-electron chi connectivity index (χ0n) is 24.6. The van der Waals surface area contributed by atoms with Crippen molar-refractivity contribution in [2.45, 2.75) is 31.7 Å². The molecule has 0 bridgehead atoms. The maximum absolute atomic E-state index is 17.0. The van der Waals surface area contributed by atoms with Crippen molar-refractivity contribution in [2.75, 3.05) is 63.2 Å². The first-order valence-electron chi connectivity index (χ1n) is 14.9. The van der Waals surface area contributed by atoms with Crippen LogP contribution in [0.25, 0.3) is 32.9 Å². The fourth-order valence-corrected chi connectivity index (χ4v) is 7.40. The number of nitrogens with one attached hydrogen (secondary N) is 1. The first kappa shape index (κ1) is 26.8. The van der Waals surface area contributed by atoms with E-state index in [1.165, 1.54) is 6.08 Å². The van der Waals surface area contributed by atoms with Gasteiger partial charge >= 0.3 is 0 Å². The number of anilines is 2. The fourth-order valence-electron chi connectivity index (χ4n) is 7.11. The Morgan fingerprint density at radius 2 is 1.88 bits per heavy atom. The van der Waals surface area contributed by atoms with Gasteiger partial charge in [-0.2, -0.15) is 10.1 Å². The second-order valence-corrected chi connectivity index (χ2v) is 13.5. The number of halogens is 2. The number of likely N-dealkylation sites (tertiary alicyclic amines) is 1. The van der Waals surface area contributed by atoms with Crippen LogP contribution in [0, 0.1) is 18.2 Å². The molecule has 1 saturated carbocycles. The number of carbonyl (C=O) groups is 1. The minimum atomic E-state index is -0.433. The Morgan fingerprint density at radius 1 is 1.14 bits per heavy atom. The highest BCUT2D eigenvalue weighted by molar-refractivity contribution is 6.35. The first-order valence-corrected chi connectivity index (χ1v) is 15.3. The fraction of sp³-hybridized carbons (Fsp3) is 0.438. The molecule has 1 N–H and O–H groups in total. The van der Waals surface area contributed by atoms with Crippen molar-refractivity contribution >= 4 is 51.1 Å². The number of likely N-dealkylation sites (N-methyl/N-ethyl adjacent to an activating group) is 1. The molecule has 43 heavy (non-hydrogen) atoms. The quantitative estimate of drug-likeness (QED) is 0.320. The van der Waals surface area contributed by atoms with Crippen LogP contribution in [-0.4, -0.2) is 95.3 Å². The molecule has 3 saturated heterocycles. The SMILES string of the molecule is C=CC(=O)N1CC2(C1)CN(c1nc(N3CC(N(C)C)C3)nc3c(F)c(-c4c(C)ccc5n[nH]c(C6CC6)c45)c(Cl)cc13)C2. The van der Waals surface area contributed by atoms with E-state index in [0.717, 1.165) is 66.7 Å². The van der Waals surface area contributed by atoms with Crippen LogP contribution in [0.4, 0.5) is 16.2 Å². The normalized spacial score (nSPS) is 19.7. The number of fused-ring (bicyclic) bond motifs is 2. The molecule has 0 atom stereocenters. The predicted molar refractivity (Wildman–Crippen MR) is 167 cm³/mol. The second-order valence-electron chi connectivity index (χ2n) is 13.1. The third-order valence-electron chi connectivity index (χ3n) is 9.81. The Balaban J connectivity index is 1.25. The molecule has 0 radical (unpaired) electrons. The zero-order valence-corrected chi connectivity index (χ0v) is 25.4. The molecule has 4 aliphatic rings. The molecular formula is C32H34ClFN8O. The van der Waals surface area contributed by atoms with Crippen LogP contribution in [0.5, 0.6) is 0 Å². The molecule has 2 aromatic heterocycles. The summed E-state index contributed by atoms with van der Waals surface area (Å²) in [4.78, 5) is 30.2. The maximum Gasteiger partial charge on any atom is 0.245 e. The van der Waals surface area contributed by atoms with Gasteiger partial charge in [0.1, 0.15) is 11.3 Å².